The molecule has 0 spiro atoms. The molecule has 0 radical (unpaired) electrons. The van der Waals surface area contributed by atoms with Gasteiger partial charge < -0.3 is 10.4 Å². The minimum absolute atomic E-state index is 0. The van der Waals surface area contributed by atoms with E-state index in [2.05, 4.69) is 29.3 Å². The van der Waals surface area contributed by atoms with Crippen molar-refractivity contribution in [1.82, 2.24) is 10.2 Å². The molecule has 0 bridgehead atoms. The Balaban J connectivity index is 0.00000220. The van der Waals surface area contributed by atoms with Crippen LogP contribution in [0.25, 0.3) is 0 Å². The number of nitrogens with one attached hydrogen (secondary N) is 1. The number of aryl methyl sites for hydroxylation is 1. The van der Waals surface area contributed by atoms with Crippen molar-refractivity contribution in [3.05, 3.63) is 29.3 Å². The molecule has 0 unspecified atom stereocenters. The predicted molar refractivity (Wildman–Crippen MR) is 98.7 cm³/mol. The van der Waals surface area contributed by atoms with E-state index < -0.39 is 0 Å². The van der Waals surface area contributed by atoms with Crippen LogP contribution in [0.3, 0.4) is 0 Å². The monoisotopic (exact) mass is 348 g/mol. The molecule has 5 heteroatoms. The Morgan fingerprint density at radius 2 is 1.86 bits per heavy atom. The first-order valence-corrected chi connectivity index (χ1v) is 7.96. The minimum atomic E-state index is 0. The van der Waals surface area contributed by atoms with Gasteiger partial charge >= 0.3 is 0 Å². The molecule has 22 heavy (non-hydrogen) atoms. The molecule has 0 aliphatic carbocycles. The van der Waals surface area contributed by atoms with Gasteiger partial charge in [0.2, 0.25) is 0 Å². The summed E-state index contributed by atoms with van der Waals surface area (Å²) in [6, 6.07) is 6.49. The summed E-state index contributed by atoms with van der Waals surface area (Å²) in [6.45, 7) is 8.52. The van der Waals surface area contributed by atoms with Crippen LogP contribution >= 0.6 is 24.8 Å². The lowest BCUT2D eigenvalue weighted by Crippen LogP contribution is -2.45. The van der Waals surface area contributed by atoms with Crippen molar-refractivity contribution in [3.63, 3.8) is 0 Å². The molecule has 0 amide bonds. The van der Waals surface area contributed by atoms with Gasteiger partial charge in [-0.3, -0.25) is 4.90 Å². The lowest BCUT2D eigenvalue weighted by molar-refractivity contribution is 0.160. The first-order chi connectivity index (χ1) is 9.72. The Hall–Kier alpha value is -0.480. The SMILES string of the molecule is CCCCC[C@H](c1ccc(C)cc1O)N1CCNCC1.Cl.Cl. The van der Waals surface area contributed by atoms with Crippen molar-refractivity contribution in [2.45, 2.75) is 45.6 Å². The summed E-state index contributed by atoms with van der Waals surface area (Å²) in [5.41, 5.74) is 2.23. The van der Waals surface area contributed by atoms with Gasteiger partial charge in [0.1, 0.15) is 5.75 Å². The molecule has 0 aromatic heterocycles. The van der Waals surface area contributed by atoms with E-state index in [0.717, 1.165) is 43.7 Å². The molecular weight excluding hydrogens is 319 g/mol. The highest BCUT2D eigenvalue weighted by molar-refractivity contribution is 5.85. The highest BCUT2D eigenvalue weighted by Crippen LogP contribution is 2.33. The van der Waals surface area contributed by atoms with Gasteiger partial charge in [0.25, 0.3) is 0 Å². The van der Waals surface area contributed by atoms with Gasteiger partial charge in [0, 0.05) is 37.8 Å². The summed E-state index contributed by atoms with van der Waals surface area (Å²) in [5, 5.41) is 13.7. The maximum Gasteiger partial charge on any atom is 0.120 e. The molecule has 2 rings (SSSR count). The van der Waals surface area contributed by atoms with Crippen molar-refractivity contribution < 1.29 is 5.11 Å². The maximum absolute atomic E-state index is 10.3. The van der Waals surface area contributed by atoms with Gasteiger partial charge in [-0.25, -0.2) is 0 Å². The second-order valence-corrected chi connectivity index (χ2v) is 5.86. The molecule has 2 N–H and O–H groups in total. The highest BCUT2D eigenvalue weighted by Gasteiger charge is 2.23. The Kier molecular flexibility index (Phi) is 10.9. The van der Waals surface area contributed by atoms with Gasteiger partial charge in [0.15, 0.2) is 0 Å². The van der Waals surface area contributed by atoms with E-state index in [1.165, 1.54) is 19.3 Å². The molecule has 1 heterocycles. The number of piperazine rings is 1. The topological polar surface area (TPSA) is 35.5 Å². The lowest BCUT2D eigenvalue weighted by atomic mass is 9.96. The smallest absolute Gasteiger partial charge is 0.120 e. The highest BCUT2D eigenvalue weighted by atomic mass is 35.5. The largest absolute Gasteiger partial charge is 0.508 e. The van der Waals surface area contributed by atoms with Crippen LogP contribution in [0.15, 0.2) is 18.2 Å². The Morgan fingerprint density at radius 1 is 1.18 bits per heavy atom. The third-order valence-electron chi connectivity index (χ3n) is 4.22. The van der Waals surface area contributed by atoms with Crippen LogP contribution in [-0.4, -0.2) is 36.2 Å². The second kappa shape index (κ2) is 11.1. The minimum Gasteiger partial charge on any atom is -0.508 e. The molecule has 1 fully saturated rings. The molecule has 0 saturated carbocycles. The van der Waals surface area contributed by atoms with Crippen LogP contribution < -0.4 is 5.32 Å². The van der Waals surface area contributed by atoms with E-state index in [-0.39, 0.29) is 24.8 Å². The van der Waals surface area contributed by atoms with Crippen LogP contribution in [0, 0.1) is 6.92 Å². The summed E-state index contributed by atoms with van der Waals surface area (Å²) < 4.78 is 0. The lowest BCUT2D eigenvalue weighted by Gasteiger charge is -2.35. The average molecular weight is 349 g/mol. The molecule has 128 valence electrons. The van der Waals surface area contributed by atoms with E-state index in [1.807, 2.05) is 13.0 Å². The predicted octanol–water partition coefficient (Wildman–Crippen LogP) is 4.07. The maximum atomic E-state index is 10.3. The van der Waals surface area contributed by atoms with Crippen LogP contribution in [0.1, 0.15) is 49.8 Å². The van der Waals surface area contributed by atoms with Crippen molar-refractivity contribution >= 4 is 24.8 Å². The summed E-state index contributed by atoms with van der Waals surface area (Å²) >= 11 is 0. The van der Waals surface area contributed by atoms with Crippen molar-refractivity contribution in [2.24, 2.45) is 0 Å². The zero-order chi connectivity index (χ0) is 14.4. The Labute approximate surface area is 147 Å². The van der Waals surface area contributed by atoms with Crippen molar-refractivity contribution in [2.75, 3.05) is 26.2 Å². The Bertz CT molecular complexity index is 423. The zero-order valence-corrected chi connectivity index (χ0v) is 15.3. The van der Waals surface area contributed by atoms with Gasteiger partial charge in [-0.15, -0.1) is 24.8 Å². The van der Waals surface area contributed by atoms with Crippen molar-refractivity contribution in [1.29, 1.82) is 0 Å². The first kappa shape index (κ1) is 21.5. The molecule has 1 aromatic carbocycles. The molecule has 1 aliphatic rings. The number of aromatic hydroxyl groups is 1. The van der Waals surface area contributed by atoms with Crippen LogP contribution in [0.4, 0.5) is 0 Å². The van der Waals surface area contributed by atoms with Crippen LogP contribution in [-0.2, 0) is 0 Å². The number of phenolic OH excluding ortho intramolecular Hbond substituents is 1. The molecule has 3 nitrogen and oxygen atoms in total. The van der Waals surface area contributed by atoms with Crippen molar-refractivity contribution in [3.8, 4) is 5.75 Å². The zero-order valence-electron chi connectivity index (χ0n) is 13.7. The van der Waals surface area contributed by atoms with Gasteiger partial charge in [0.05, 0.1) is 0 Å². The molecule has 1 aromatic rings. The van der Waals surface area contributed by atoms with Crippen LogP contribution in [0.5, 0.6) is 5.75 Å². The average Bonchev–Trinajstić information content (AvgIpc) is 2.46. The van der Waals surface area contributed by atoms with Crippen LogP contribution in [0.2, 0.25) is 0 Å². The number of hydrogen-bond acceptors (Lipinski definition) is 3. The quantitative estimate of drug-likeness (QED) is 0.760. The molecule has 1 atom stereocenters. The number of nitrogens with zero attached hydrogens (tertiary/aromatic N) is 1. The fourth-order valence-corrected chi connectivity index (χ4v) is 3.05. The fourth-order valence-electron chi connectivity index (χ4n) is 3.05. The normalized spacial score (nSPS) is 16.5. The first-order valence-electron chi connectivity index (χ1n) is 7.96. The van der Waals surface area contributed by atoms with E-state index in [0.29, 0.717) is 11.8 Å². The summed E-state index contributed by atoms with van der Waals surface area (Å²) in [4.78, 5) is 2.52. The number of hydrogen-bond donors (Lipinski definition) is 2. The van der Waals surface area contributed by atoms with E-state index in [9.17, 15) is 5.11 Å². The summed E-state index contributed by atoms with van der Waals surface area (Å²) in [6.07, 6.45) is 4.90. The van der Waals surface area contributed by atoms with E-state index in [1.54, 1.807) is 0 Å². The van der Waals surface area contributed by atoms with Gasteiger partial charge in [-0.2, -0.15) is 0 Å². The number of benzene rings is 1. The second-order valence-electron chi connectivity index (χ2n) is 5.86. The van der Waals surface area contributed by atoms with Gasteiger partial charge in [-0.05, 0) is 25.0 Å². The molecule has 1 saturated heterocycles. The van der Waals surface area contributed by atoms with Gasteiger partial charge in [-0.1, -0.05) is 38.3 Å². The fraction of sp³-hybridized carbons (Fsp3) is 0.647. The molecular formula is C17H30Cl2N2O. The summed E-state index contributed by atoms with van der Waals surface area (Å²) in [7, 11) is 0. The third-order valence-corrected chi connectivity index (χ3v) is 4.22. The Morgan fingerprint density at radius 3 is 2.45 bits per heavy atom. The molecule has 1 aliphatic heterocycles. The number of unbranched alkanes of at least 4 members (excludes halogenated alkanes) is 2. The number of rotatable bonds is 6. The van der Waals surface area contributed by atoms with E-state index >= 15 is 0 Å². The number of halogens is 2. The standard InChI is InChI=1S/C17H28N2O.2ClH/c1-3-4-5-6-16(19-11-9-18-10-12-19)15-8-7-14(2)13-17(15)20;;/h7-8,13,16,18,20H,3-6,9-12H2,1-2H3;2*1H/t16-;;/m1../s1. The third kappa shape index (κ3) is 5.96. The van der Waals surface area contributed by atoms with E-state index in [4.69, 9.17) is 0 Å². The summed E-state index contributed by atoms with van der Waals surface area (Å²) in [5.74, 6) is 0.463. The number of phenols is 1.